The molecule has 1 aromatic heterocycles. The van der Waals surface area contributed by atoms with Crippen molar-refractivity contribution in [3.8, 4) is 0 Å². The van der Waals surface area contributed by atoms with Crippen molar-refractivity contribution in [2.45, 2.75) is 27.3 Å². The van der Waals surface area contributed by atoms with Crippen LogP contribution in [0.1, 0.15) is 23.7 Å². The summed E-state index contributed by atoms with van der Waals surface area (Å²) < 4.78 is 0. The molecule has 26 heavy (non-hydrogen) atoms. The Bertz CT molecular complexity index is 895. The Labute approximate surface area is 159 Å². The van der Waals surface area contributed by atoms with Gasteiger partial charge in [-0.25, -0.2) is 4.98 Å². The fourth-order valence-corrected chi connectivity index (χ4v) is 3.03. The van der Waals surface area contributed by atoms with Crippen molar-refractivity contribution < 1.29 is 0 Å². The van der Waals surface area contributed by atoms with Crippen LogP contribution in [0, 0.1) is 13.8 Å². The van der Waals surface area contributed by atoms with Crippen LogP contribution in [-0.2, 0) is 6.54 Å². The van der Waals surface area contributed by atoms with Crippen LogP contribution in [0.5, 0.6) is 0 Å². The number of hydrogen-bond donors (Lipinski definition) is 1. The Balaban J connectivity index is 1.85. The maximum atomic E-state index is 6.24. The smallest absolute Gasteiger partial charge is 0.232 e. The molecule has 0 radical (unpaired) electrons. The maximum Gasteiger partial charge on any atom is 0.232 e. The number of hydrogen-bond acceptors (Lipinski definition) is 4. The Kier molecular flexibility index (Phi) is 5.74. The summed E-state index contributed by atoms with van der Waals surface area (Å²) in [6.07, 6.45) is 0. The number of nitrogens with one attached hydrogen (secondary N) is 1. The Morgan fingerprint density at radius 3 is 2.54 bits per heavy atom. The van der Waals surface area contributed by atoms with Crippen molar-refractivity contribution in [2.75, 3.05) is 16.8 Å². The predicted molar refractivity (Wildman–Crippen MR) is 109 cm³/mol. The quantitative estimate of drug-likeness (QED) is 0.623. The summed E-state index contributed by atoms with van der Waals surface area (Å²) in [7, 11) is 0. The van der Waals surface area contributed by atoms with Crippen molar-refractivity contribution in [3.63, 3.8) is 0 Å². The van der Waals surface area contributed by atoms with Gasteiger partial charge >= 0.3 is 0 Å². The molecule has 1 heterocycles. The second-order valence-electron chi connectivity index (χ2n) is 6.22. The number of aromatic nitrogens is 2. The van der Waals surface area contributed by atoms with E-state index in [-0.39, 0.29) is 0 Å². The molecule has 0 aliphatic heterocycles. The van der Waals surface area contributed by atoms with Crippen molar-refractivity contribution in [1.82, 2.24) is 9.97 Å². The van der Waals surface area contributed by atoms with Gasteiger partial charge in [0.15, 0.2) is 0 Å². The summed E-state index contributed by atoms with van der Waals surface area (Å²) in [5.41, 5.74) is 4.27. The van der Waals surface area contributed by atoms with E-state index in [0.717, 1.165) is 34.3 Å². The molecular formula is C21H23ClN4. The summed E-state index contributed by atoms with van der Waals surface area (Å²) in [6, 6.07) is 18.1. The van der Waals surface area contributed by atoms with E-state index in [9.17, 15) is 0 Å². The first-order valence-electron chi connectivity index (χ1n) is 8.74. The van der Waals surface area contributed by atoms with E-state index in [1.54, 1.807) is 0 Å². The van der Waals surface area contributed by atoms with Crippen molar-refractivity contribution in [3.05, 3.63) is 76.4 Å². The SMILES string of the molecule is CCN(c1cccc(C)c1)c1nc(C)cc(NCc2ccccc2Cl)n1. The minimum Gasteiger partial charge on any atom is -0.366 e. The first-order valence-corrected chi connectivity index (χ1v) is 9.12. The minimum atomic E-state index is 0.617. The van der Waals surface area contributed by atoms with Gasteiger partial charge in [0.05, 0.1) is 0 Å². The first-order chi connectivity index (χ1) is 12.6. The summed E-state index contributed by atoms with van der Waals surface area (Å²) in [4.78, 5) is 11.5. The van der Waals surface area contributed by atoms with Gasteiger partial charge in [-0.3, -0.25) is 0 Å². The van der Waals surface area contributed by atoms with Gasteiger partial charge in [-0.2, -0.15) is 4.98 Å². The number of anilines is 3. The van der Waals surface area contributed by atoms with Gasteiger partial charge in [0.2, 0.25) is 5.95 Å². The van der Waals surface area contributed by atoms with Crippen LogP contribution in [0.2, 0.25) is 5.02 Å². The first kappa shape index (κ1) is 18.2. The van der Waals surface area contributed by atoms with Crippen LogP contribution in [0.4, 0.5) is 17.5 Å². The van der Waals surface area contributed by atoms with E-state index in [1.165, 1.54) is 5.56 Å². The normalized spacial score (nSPS) is 10.6. The van der Waals surface area contributed by atoms with Crippen LogP contribution in [-0.4, -0.2) is 16.5 Å². The van der Waals surface area contributed by atoms with Gasteiger partial charge in [-0.05, 0) is 50.1 Å². The maximum absolute atomic E-state index is 6.24. The molecule has 0 fully saturated rings. The average Bonchev–Trinajstić information content (AvgIpc) is 2.61. The molecule has 0 bridgehead atoms. The molecule has 4 nitrogen and oxygen atoms in total. The molecule has 3 rings (SSSR count). The highest BCUT2D eigenvalue weighted by Crippen LogP contribution is 2.25. The highest BCUT2D eigenvalue weighted by Gasteiger charge is 2.12. The zero-order valence-electron chi connectivity index (χ0n) is 15.3. The Hall–Kier alpha value is -2.59. The molecule has 134 valence electrons. The van der Waals surface area contributed by atoms with Gasteiger partial charge in [0, 0.05) is 35.6 Å². The molecule has 0 aliphatic carbocycles. The third-order valence-electron chi connectivity index (χ3n) is 4.13. The van der Waals surface area contributed by atoms with Gasteiger partial charge in [-0.1, -0.05) is 41.9 Å². The second-order valence-corrected chi connectivity index (χ2v) is 6.63. The molecule has 0 amide bonds. The summed E-state index contributed by atoms with van der Waals surface area (Å²) in [5, 5.41) is 4.11. The fourth-order valence-electron chi connectivity index (χ4n) is 2.83. The molecular weight excluding hydrogens is 344 g/mol. The van der Waals surface area contributed by atoms with E-state index in [1.807, 2.05) is 37.3 Å². The van der Waals surface area contributed by atoms with Gasteiger partial charge < -0.3 is 10.2 Å². The zero-order valence-corrected chi connectivity index (χ0v) is 16.1. The van der Waals surface area contributed by atoms with Gasteiger partial charge in [-0.15, -0.1) is 0 Å². The summed E-state index contributed by atoms with van der Waals surface area (Å²) >= 11 is 6.24. The fraction of sp³-hybridized carbons (Fsp3) is 0.238. The second kappa shape index (κ2) is 8.19. The molecule has 3 aromatic rings. The van der Waals surface area contributed by atoms with E-state index in [2.05, 4.69) is 53.3 Å². The van der Waals surface area contributed by atoms with Crippen molar-refractivity contribution in [1.29, 1.82) is 0 Å². The lowest BCUT2D eigenvalue weighted by Crippen LogP contribution is -2.20. The third kappa shape index (κ3) is 4.33. The van der Waals surface area contributed by atoms with Gasteiger partial charge in [0.1, 0.15) is 5.82 Å². The molecule has 2 aromatic carbocycles. The van der Waals surface area contributed by atoms with Crippen LogP contribution >= 0.6 is 11.6 Å². The third-order valence-corrected chi connectivity index (χ3v) is 4.50. The van der Waals surface area contributed by atoms with E-state index >= 15 is 0 Å². The van der Waals surface area contributed by atoms with Gasteiger partial charge in [0.25, 0.3) is 0 Å². The number of rotatable bonds is 6. The van der Waals surface area contributed by atoms with E-state index in [0.29, 0.717) is 12.5 Å². The molecule has 0 atom stereocenters. The lowest BCUT2D eigenvalue weighted by atomic mass is 10.2. The van der Waals surface area contributed by atoms with Crippen LogP contribution in [0.3, 0.4) is 0 Å². The molecule has 1 N–H and O–H groups in total. The lowest BCUT2D eigenvalue weighted by molar-refractivity contribution is 0.929. The monoisotopic (exact) mass is 366 g/mol. The van der Waals surface area contributed by atoms with Crippen LogP contribution in [0.15, 0.2) is 54.6 Å². The highest BCUT2D eigenvalue weighted by molar-refractivity contribution is 6.31. The van der Waals surface area contributed by atoms with E-state index < -0.39 is 0 Å². The number of aryl methyl sites for hydroxylation is 2. The summed E-state index contributed by atoms with van der Waals surface area (Å²) in [6.45, 7) is 7.58. The largest absolute Gasteiger partial charge is 0.366 e. The molecule has 0 aliphatic rings. The van der Waals surface area contributed by atoms with Crippen LogP contribution in [0.25, 0.3) is 0 Å². The molecule has 0 saturated carbocycles. The van der Waals surface area contributed by atoms with Crippen molar-refractivity contribution in [2.24, 2.45) is 0 Å². The number of nitrogens with zero attached hydrogens (tertiary/aromatic N) is 3. The average molecular weight is 367 g/mol. The molecule has 0 saturated heterocycles. The highest BCUT2D eigenvalue weighted by atomic mass is 35.5. The lowest BCUT2D eigenvalue weighted by Gasteiger charge is -2.22. The zero-order chi connectivity index (χ0) is 18.5. The molecule has 0 unspecified atom stereocenters. The minimum absolute atomic E-state index is 0.617. The number of halogens is 1. The van der Waals surface area contributed by atoms with Crippen molar-refractivity contribution >= 4 is 29.1 Å². The van der Waals surface area contributed by atoms with E-state index in [4.69, 9.17) is 16.6 Å². The number of benzene rings is 2. The Morgan fingerprint density at radius 1 is 1.00 bits per heavy atom. The van der Waals surface area contributed by atoms with Crippen LogP contribution < -0.4 is 10.2 Å². The molecule has 0 spiro atoms. The standard InChI is InChI=1S/C21H23ClN4/c1-4-26(18-10-7-8-15(2)12-18)21-24-16(3)13-20(25-21)23-14-17-9-5-6-11-19(17)22/h5-13H,4,14H2,1-3H3,(H,23,24,25). The Morgan fingerprint density at radius 2 is 1.81 bits per heavy atom. The predicted octanol–water partition coefficient (Wildman–Crippen LogP) is 5.52. The topological polar surface area (TPSA) is 41.1 Å². The summed E-state index contributed by atoms with van der Waals surface area (Å²) in [5.74, 6) is 1.48. The molecule has 5 heteroatoms.